The minimum Gasteiger partial charge on any atom is -0.236 e. The molecule has 3 aromatic rings. The highest BCUT2D eigenvalue weighted by atomic mass is 35.5. The van der Waals surface area contributed by atoms with Gasteiger partial charge >= 0.3 is 0 Å². The van der Waals surface area contributed by atoms with Crippen LogP contribution in [0.2, 0.25) is 5.02 Å². The van der Waals surface area contributed by atoms with Gasteiger partial charge in [-0.2, -0.15) is 0 Å². The Morgan fingerprint density at radius 2 is 1.78 bits per heavy atom. The predicted molar refractivity (Wildman–Crippen MR) is 74.7 cm³/mol. The maximum Gasteiger partial charge on any atom is 0.159 e. The van der Waals surface area contributed by atoms with Crippen LogP contribution in [0.25, 0.3) is 22.3 Å². The fourth-order valence-corrected chi connectivity index (χ4v) is 2.02. The van der Waals surface area contributed by atoms with E-state index in [1.165, 1.54) is 5.56 Å². The van der Waals surface area contributed by atoms with E-state index in [4.69, 9.17) is 11.6 Å². The molecule has 0 aliphatic heterocycles. The molecule has 3 heteroatoms. The van der Waals surface area contributed by atoms with Crippen LogP contribution in [0.15, 0.2) is 48.7 Å². The van der Waals surface area contributed by atoms with Gasteiger partial charge < -0.3 is 0 Å². The molecule has 0 bridgehead atoms. The van der Waals surface area contributed by atoms with Crippen molar-refractivity contribution in [3.63, 3.8) is 0 Å². The van der Waals surface area contributed by atoms with Crippen LogP contribution in [0.5, 0.6) is 0 Å². The van der Waals surface area contributed by atoms with Gasteiger partial charge in [-0.15, -0.1) is 0 Å². The lowest BCUT2D eigenvalue weighted by atomic mass is 10.1. The monoisotopic (exact) mass is 254 g/mol. The van der Waals surface area contributed by atoms with Gasteiger partial charge in [-0.3, -0.25) is 0 Å². The third-order valence-electron chi connectivity index (χ3n) is 2.84. The average molecular weight is 255 g/mol. The SMILES string of the molecule is Cc1ccc2nc(-c3ccc(Cl)cc3)ncc2c1. The zero-order chi connectivity index (χ0) is 12.5. The van der Waals surface area contributed by atoms with Gasteiger partial charge in [0.1, 0.15) is 0 Å². The van der Waals surface area contributed by atoms with E-state index in [9.17, 15) is 0 Å². The quantitative estimate of drug-likeness (QED) is 0.648. The molecule has 0 saturated heterocycles. The summed E-state index contributed by atoms with van der Waals surface area (Å²) in [4.78, 5) is 8.96. The van der Waals surface area contributed by atoms with Crippen LogP contribution < -0.4 is 0 Å². The van der Waals surface area contributed by atoms with Crippen LogP contribution in [-0.2, 0) is 0 Å². The lowest BCUT2D eigenvalue weighted by Crippen LogP contribution is -1.90. The van der Waals surface area contributed by atoms with Gasteiger partial charge in [-0.1, -0.05) is 23.2 Å². The number of aryl methyl sites for hydroxylation is 1. The number of aromatic nitrogens is 2. The molecule has 1 aromatic heterocycles. The largest absolute Gasteiger partial charge is 0.236 e. The van der Waals surface area contributed by atoms with Crippen molar-refractivity contribution in [3.8, 4) is 11.4 Å². The number of nitrogens with zero attached hydrogens (tertiary/aromatic N) is 2. The number of fused-ring (bicyclic) bond motifs is 1. The molecule has 0 fully saturated rings. The smallest absolute Gasteiger partial charge is 0.159 e. The number of rotatable bonds is 1. The van der Waals surface area contributed by atoms with Crippen molar-refractivity contribution in [1.82, 2.24) is 9.97 Å². The maximum atomic E-state index is 5.87. The van der Waals surface area contributed by atoms with Crippen molar-refractivity contribution >= 4 is 22.5 Å². The van der Waals surface area contributed by atoms with E-state index in [1.807, 2.05) is 36.5 Å². The van der Waals surface area contributed by atoms with Gasteiger partial charge in [0, 0.05) is 22.2 Å². The highest BCUT2D eigenvalue weighted by Gasteiger charge is 2.03. The first-order valence-electron chi connectivity index (χ1n) is 5.72. The molecule has 0 N–H and O–H groups in total. The number of halogens is 1. The van der Waals surface area contributed by atoms with Crippen LogP contribution in [0, 0.1) is 6.92 Å². The van der Waals surface area contributed by atoms with Gasteiger partial charge in [-0.25, -0.2) is 9.97 Å². The first kappa shape index (κ1) is 11.2. The summed E-state index contributed by atoms with van der Waals surface area (Å²) in [5, 5.41) is 1.78. The topological polar surface area (TPSA) is 25.8 Å². The Kier molecular flexibility index (Phi) is 2.73. The molecule has 0 radical (unpaired) electrons. The van der Waals surface area contributed by atoms with E-state index in [2.05, 4.69) is 29.0 Å². The molecule has 2 aromatic carbocycles. The summed E-state index contributed by atoms with van der Waals surface area (Å²) < 4.78 is 0. The predicted octanol–water partition coefficient (Wildman–Crippen LogP) is 4.26. The van der Waals surface area contributed by atoms with Crippen LogP contribution in [-0.4, -0.2) is 9.97 Å². The Labute approximate surface area is 110 Å². The number of hydrogen-bond acceptors (Lipinski definition) is 2. The summed E-state index contributed by atoms with van der Waals surface area (Å²) >= 11 is 5.87. The third-order valence-corrected chi connectivity index (χ3v) is 3.09. The Balaban J connectivity index is 2.13. The molecule has 1 heterocycles. The van der Waals surface area contributed by atoms with Crippen LogP contribution >= 0.6 is 11.6 Å². The van der Waals surface area contributed by atoms with Gasteiger partial charge in [0.05, 0.1) is 5.52 Å². The summed E-state index contributed by atoms with van der Waals surface area (Å²) in [6.07, 6.45) is 1.86. The lowest BCUT2D eigenvalue weighted by molar-refractivity contribution is 1.22. The highest BCUT2D eigenvalue weighted by Crippen LogP contribution is 2.20. The Morgan fingerprint density at radius 1 is 1.00 bits per heavy atom. The minimum absolute atomic E-state index is 0.718. The molecule has 0 spiro atoms. The highest BCUT2D eigenvalue weighted by molar-refractivity contribution is 6.30. The van der Waals surface area contributed by atoms with Crippen molar-refractivity contribution in [3.05, 3.63) is 59.2 Å². The van der Waals surface area contributed by atoms with E-state index in [1.54, 1.807) is 0 Å². The van der Waals surface area contributed by atoms with Crippen molar-refractivity contribution in [2.45, 2.75) is 6.92 Å². The summed E-state index contributed by atoms with van der Waals surface area (Å²) in [6.45, 7) is 2.06. The average Bonchev–Trinajstić information content (AvgIpc) is 2.39. The van der Waals surface area contributed by atoms with Crippen molar-refractivity contribution in [2.75, 3.05) is 0 Å². The van der Waals surface area contributed by atoms with Gasteiger partial charge in [-0.05, 0) is 43.3 Å². The second-order valence-corrected chi connectivity index (χ2v) is 4.70. The van der Waals surface area contributed by atoms with Crippen LogP contribution in [0.4, 0.5) is 0 Å². The van der Waals surface area contributed by atoms with Gasteiger partial charge in [0.2, 0.25) is 0 Å². The lowest BCUT2D eigenvalue weighted by Gasteiger charge is -2.03. The van der Waals surface area contributed by atoms with Gasteiger partial charge in [0.25, 0.3) is 0 Å². The van der Waals surface area contributed by atoms with E-state index < -0.39 is 0 Å². The molecular weight excluding hydrogens is 244 g/mol. The molecule has 3 rings (SSSR count). The Morgan fingerprint density at radius 3 is 2.56 bits per heavy atom. The molecule has 0 amide bonds. The van der Waals surface area contributed by atoms with E-state index >= 15 is 0 Å². The molecule has 88 valence electrons. The first-order valence-corrected chi connectivity index (χ1v) is 6.09. The van der Waals surface area contributed by atoms with Crippen molar-refractivity contribution in [2.24, 2.45) is 0 Å². The summed E-state index contributed by atoms with van der Waals surface area (Å²) in [5.41, 5.74) is 3.15. The summed E-state index contributed by atoms with van der Waals surface area (Å²) in [5.74, 6) is 0.725. The van der Waals surface area contributed by atoms with E-state index in [0.717, 1.165) is 27.3 Å². The Bertz CT molecular complexity index is 705. The number of hydrogen-bond donors (Lipinski definition) is 0. The van der Waals surface area contributed by atoms with E-state index in [-0.39, 0.29) is 0 Å². The molecule has 0 aliphatic carbocycles. The molecule has 0 aliphatic rings. The normalized spacial score (nSPS) is 10.8. The molecule has 2 nitrogen and oxygen atoms in total. The molecule has 0 atom stereocenters. The zero-order valence-electron chi connectivity index (χ0n) is 9.89. The fourth-order valence-electron chi connectivity index (χ4n) is 1.89. The fraction of sp³-hybridized carbons (Fsp3) is 0.0667. The second kappa shape index (κ2) is 4.39. The second-order valence-electron chi connectivity index (χ2n) is 4.26. The first-order chi connectivity index (χ1) is 8.72. The molecule has 0 saturated carbocycles. The van der Waals surface area contributed by atoms with Crippen LogP contribution in [0.1, 0.15) is 5.56 Å². The van der Waals surface area contributed by atoms with Gasteiger partial charge in [0.15, 0.2) is 5.82 Å². The standard InChI is InChI=1S/C15H11ClN2/c1-10-2-7-14-12(8-10)9-17-15(18-14)11-3-5-13(16)6-4-11/h2-9H,1H3. The van der Waals surface area contributed by atoms with Crippen LogP contribution in [0.3, 0.4) is 0 Å². The maximum absolute atomic E-state index is 5.87. The molecule has 0 unspecified atom stereocenters. The summed E-state index contributed by atoms with van der Waals surface area (Å²) in [6, 6.07) is 13.7. The van der Waals surface area contributed by atoms with E-state index in [0.29, 0.717) is 0 Å². The number of benzene rings is 2. The summed E-state index contributed by atoms with van der Waals surface area (Å²) in [7, 11) is 0. The van der Waals surface area contributed by atoms with Crippen molar-refractivity contribution < 1.29 is 0 Å². The van der Waals surface area contributed by atoms with Crippen molar-refractivity contribution in [1.29, 1.82) is 0 Å². The zero-order valence-corrected chi connectivity index (χ0v) is 10.6. The molecule has 18 heavy (non-hydrogen) atoms. The third kappa shape index (κ3) is 2.07. The Hall–Kier alpha value is -1.93. The molecular formula is C15H11ClN2. The minimum atomic E-state index is 0.718.